The van der Waals surface area contributed by atoms with E-state index in [1.165, 1.54) is 19.1 Å². The summed E-state index contributed by atoms with van der Waals surface area (Å²) in [5.41, 5.74) is 1.35. The number of nitrogens with one attached hydrogen (secondary N) is 1. The SMILES string of the molecule is COc1cc(NC(=O)N(C)Cc2ccc(O)cc2)c(OC)cc1Cl. The molecule has 2 aromatic rings. The Hall–Kier alpha value is -2.60. The molecular formula is C17H19ClN2O4. The van der Waals surface area contributed by atoms with Gasteiger partial charge in [-0.2, -0.15) is 0 Å². The quantitative estimate of drug-likeness (QED) is 0.862. The average molecular weight is 351 g/mol. The highest BCUT2D eigenvalue weighted by atomic mass is 35.5. The Morgan fingerprint density at radius 1 is 1.17 bits per heavy atom. The summed E-state index contributed by atoms with van der Waals surface area (Å²) in [6, 6.07) is 9.53. The average Bonchev–Trinajstić information content (AvgIpc) is 2.57. The lowest BCUT2D eigenvalue weighted by atomic mass is 10.2. The van der Waals surface area contributed by atoms with Crippen molar-refractivity contribution in [3.63, 3.8) is 0 Å². The first-order chi connectivity index (χ1) is 11.4. The molecule has 0 heterocycles. The van der Waals surface area contributed by atoms with E-state index in [-0.39, 0.29) is 11.8 Å². The van der Waals surface area contributed by atoms with Crippen LogP contribution in [0.1, 0.15) is 5.56 Å². The van der Waals surface area contributed by atoms with Crippen LogP contribution in [0.2, 0.25) is 5.02 Å². The van der Waals surface area contributed by atoms with Crippen molar-refractivity contribution in [2.24, 2.45) is 0 Å². The summed E-state index contributed by atoms with van der Waals surface area (Å²) >= 11 is 6.05. The molecule has 7 heteroatoms. The summed E-state index contributed by atoms with van der Waals surface area (Å²) in [6.45, 7) is 0.388. The molecule has 0 bridgehead atoms. The number of phenolic OH excluding ortho intramolecular Hbond substituents is 1. The standard InChI is InChI=1S/C17H19ClN2O4/c1-20(10-11-4-6-12(21)7-5-11)17(22)19-14-9-15(23-2)13(18)8-16(14)24-3/h4-9,21H,10H2,1-3H3,(H,19,22). The van der Waals surface area contributed by atoms with Gasteiger partial charge in [-0.1, -0.05) is 23.7 Å². The minimum absolute atomic E-state index is 0.184. The fourth-order valence-electron chi connectivity index (χ4n) is 2.12. The van der Waals surface area contributed by atoms with Crippen molar-refractivity contribution in [2.45, 2.75) is 6.54 Å². The lowest BCUT2D eigenvalue weighted by Gasteiger charge is -2.20. The molecule has 24 heavy (non-hydrogen) atoms. The molecule has 0 aromatic heterocycles. The second kappa shape index (κ2) is 7.79. The Kier molecular flexibility index (Phi) is 5.76. The Labute approximate surface area is 145 Å². The number of urea groups is 1. The van der Waals surface area contributed by atoms with E-state index in [1.807, 2.05) is 0 Å². The minimum Gasteiger partial charge on any atom is -0.508 e. The summed E-state index contributed by atoms with van der Waals surface area (Å²) in [6.07, 6.45) is 0. The number of halogens is 1. The van der Waals surface area contributed by atoms with E-state index in [0.717, 1.165) is 5.56 Å². The second-order valence-corrected chi connectivity index (χ2v) is 5.55. The van der Waals surface area contributed by atoms with Crippen molar-refractivity contribution < 1.29 is 19.4 Å². The van der Waals surface area contributed by atoms with Gasteiger partial charge in [0.25, 0.3) is 0 Å². The highest BCUT2D eigenvalue weighted by Crippen LogP contribution is 2.36. The summed E-state index contributed by atoms with van der Waals surface area (Å²) in [4.78, 5) is 13.9. The first-order valence-electron chi connectivity index (χ1n) is 7.16. The third kappa shape index (κ3) is 4.23. The number of ether oxygens (including phenoxy) is 2. The van der Waals surface area contributed by atoms with Gasteiger partial charge < -0.3 is 24.8 Å². The highest BCUT2D eigenvalue weighted by Gasteiger charge is 2.15. The molecule has 0 aliphatic carbocycles. The van der Waals surface area contributed by atoms with Crippen LogP contribution in [0.4, 0.5) is 10.5 Å². The summed E-state index contributed by atoms with van der Waals surface area (Å²) < 4.78 is 10.4. The van der Waals surface area contributed by atoms with E-state index in [9.17, 15) is 9.90 Å². The largest absolute Gasteiger partial charge is 0.508 e. The topological polar surface area (TPSA) is 71.0 Å². The molecule has 0 atom stereocenters. The van der Waals surface area contributed by atoms with Crippen LogP contribution in [0.15, 0.2) is 36.4 Å². The number of anilines is 1. The summed E-state index contributed by atoms with van der Waals surface area (Å²) in [5.74, 6) is 1.06. The molecule has 0 saturated heterocycles. The van der Waals surface area contributed by atoms with Crippen LogP contribution in [0.3, 0.4) is 0 Å². The van der Waals surface area contributed by atoms with E-state index in [0.29, 0.717) is 28.8 Å². The van der Waals surface area contributed by atoms with Crippen molar-refractivity contribution in [2.75, 3.05) is 26.6 Å². The minimum atomic E-state index is -0.314. The smallest absolute Gasteiger partial charge is 0.321 e. The van der Waals surface area contributed by atoms with Gasteiger partial charge in [-0.3, -0.25) is 0 Å². The predicted octanol–water partition coefficient (Wildman–Crippen LogP) is 3.73. The number of aromatic hydroxyl groups is 1. The lowest BCUT2D eigenvalue weighted by molar-refractivity contribution is 0.220. The van der Waals surface area contributed by atoms with Gasteiger partial charge in [-0.15, -0.1) is 0 Å². The molecule has 0 saturated carbocycles. The van der Waals surface area contributed by atoms with Crippen LogP contribution in [-0.4, -0.2) is 37.3 Å². The first-order valence-corrected chi connectivity index (χ1v) is 7.54. The lowest BCUT2D eigenvalue weighted by Crippen LogP contribution is -2.31. The van der Waals surface area contributed by atoms with Gasteiger partial charge in [-0.25, -0.2) is 4.79 Å². The summed E-state index contributed by atoms with van der Waals surface area (Å²) in [5, 5.41) is 12.5. The van der Waals surface area contributed by atoms with Crippen LogP contribution in [0.5, 0.6) is 17.2 Å². The zero-order valence-corrected chi connectivity index (χ0v) is 14.4. The van der Waals surface area contributed by atoms with Gasteiger partial charge in [0.05, 0.1) is 24.9 Å². The van der Waals surface area contributed by atoms with Crippen molar-refractivity contribution in [1.29, 1.82) is 0 Å². The van der Waals surface area contributed by atoms with Crippen LogP contribution >= 0.6 is 11.6 Å². The number of carbonyl (C=O) groups is 1. The number of carbonyl (C=O) groups excluding carboxylic acids is 1. The molecule has 0 aliphatic heterocycles. The number of phenols is 1. The highest BCUT2D eigenvalue weighted by molar-refractivity contribution is 6.32. The van der Waals surface area contributed by atoms with E-state index in [1.54, 1.807) is 43.4 Å². The third-order valence-corrected chi connectivity index (χ3v) is 3.71. The number of benzene rings is 2. The molecule has 128 valence electrons. The molecule has 0 fully saturated rings. The molecule has 6 nitrogen and oxygen atoms in total. The Bertz CT molecular complexity index is 719. The van der Waals surface area contributed by atoms with E-state index >= 15 is 0 Å². The van der Waals surface area contributed by atoms with E-state index < -0.39 is 0 Å². The normalized spacial score (nSPS) is 10.2. The van der Waals surface area contributed by atoms with Gasteiger partial charge in [0.2, 0.25) is 0 Å². The van der Waals surface area contributed by atoms with E-state index in [4.69, 9.17) is 21.1 Å². The fraction of sp³-hybridized carbons (Fsp3) is 0.235. The van der Waals surface area contributed by atoms with Gasteiger partial charge in [0.15, 0.2) is 0 Å². The van der Waals surface area contributed by atoms with Gasteiger partial charge in [0, 0.05) is 25.7 Å². The van der Waals surface area contributed by atoms with Crippen LogP contribution in [-0.2, 0) is 6.54 Å². The molecule has 2 rings (SSSR count). The number of hydrogen-bond donors (Lipinski definition) is 2. The molecule has 2 aromatic carbocycles. The number of hydrogen-bond acceptors (Lipinski definition) is 4. The van der Waals surface area contributed by atoms with Crippen LogP contribution in [0, 0.1) is 0 Å². The molecule has 0 aliphatic rings. The molecule has 0 spiro atoms. The maximum Gasteiger partial charge on any atom is 0.321 e. The zero-order chi connectivity index (χ0) is 17.7. The molecule has 2 N–H and O–H groups in total. The van der Waals surface area contributed by atoms with Crippen LogP contribution < -0.4 is 14.8 Å². The zero-order valence-electron chi connectivity index (χ0n) is 13.7. The molecule has 2 amide bonds. The number of rotatable bonds is 5. The maximum absolute atomic E-state index is 12.4. The van der Waals surface area contributed by atoms with Gasteiger partial charge in [-0.05, 0) is 17.7 Å². The fourth-order valence-corrected chi connectivity index (χ4v) is 2.35. The number of amides is 2. The van der Waals surface area contributed by atoms with Crippen molar-refractivity contribution in [1.82, 2.24) is 4.90 Å². The Morgan fingerprint density at radius 2 is 1.79 bits per heavy atom. The Morgan fingerprint density at radius 3 is 2.38 bits per heavy atom. The second-order valence-electron chi connectivity index (χ2n) is 5.14. The molecular weight excluding hydrogens is 332 g/mol. The predicted molar refractivity (Wildman–Crippen MR) is 93.1 cm³/mol. The van der Waals surface area contributed by atoms with Gasteiger partial charge in [0.1, 0.15) is 17.2 Å². The first kappa shape index (κ1) is 17.7. The van der Waals surface area contributed by atoms with Crippen LogP contribution in [0.25, 0.3) is 0 Å². The third-order valence-electron chi connectivity index (χ3n) is 3.42. The molecule has 0 radical (unpaired) electrons. The van der Waals surface area contributed by atoms with Crippen molar-refractivity contribution in [3.8, 4) is 17.2 Å². The van der Waals surface area contributed by atoms with Gasteiger partial charge >= 0.3 is 6.03 Å². The number of methoxy groups -OCH3 is 2. The maximum atomic E-state index is 12.4. The monoisotopic (exact) mass is 350 g/mol. The molecule has 0 unspecified atom stereocenters. The van der Waals surface area contributed by atoms with Crippen molar-refractivity contribution in [3.05, 3.63) is 47.0 Å². The summed E-state index contributed by atoms with van der Waals surface area (Å²) in [7, 11) is 4.66. The van der Waals surface area contributed by atoms with E-state index in [2.05, 4.69) is 5.32 Å². The van der Waals surface area contributed by atoms with Crippen molar-refractivity contribution >= 4 is 23.3 Å². The number of nitrogens with zero attached hydrogens (tertiary/aromatic N) is 1. The Balaban J connectivity index is 2.12.